The van der Waals surface area contributed by atoms with Gasteiger partial charge in [-0.3, -0.25) is 4.79 Å². The van der Waals surface area contributed by atoms with Crippen molar-refractivity contribution < 1.29 is 13.2 Å². The van der Waals surface area contributed by atoms with Gasteiger partial charge in [0.2, 0.25) is 5.91 Å². The summed E-state index contributed by atoms with van der Waals surface area (Å²) in [5.41, 5.74) is 4.32. The molecule has 5 rings (SSSR count). The van der Waals surface area contributed by atoms with Gasteiger partial charge in [0.05, 0.1) is 20.9 Å². The summed E-state index contributed by atoms with van der Waals surface area (Å²) < 4.78 is 29.4. The number of aromatic nitrogens is 2. The molecule has 2 heterocycles. The van der Waals surface area contributed by atoms with Gasteiger partial charge in [0.25, 0.3) is 0 Å². The maximum atomic E-state index is 13.4. The second-order valence-electron chi connectivity index (χ2n) is 8.31. The lowest BCUT2D eigenvalue weighted by atomic mass is 10.1. The number of anilines is 1. The SMILES string of the molecule is Cc1ccccc1CS(=O)(=O)c1cn(CC(=O)Nc2nc3c(C)cccc3s2)c2ccccc12. The minimum Gasteiger partial charge on any atom is -0.337 e. The van der Waals surface area contributed by atoms with Crippen LogP contribution >= 0.6 is 11.3 Å². The highest BCUT2D eigenvalue weighted by molar-refractivity contribution is 7.90. The summed E-state index contributed by atoms with van der Waals surface area (Å²) in [5.74, 6) is -0.356. The Hall–Kier alpha value is -3.49. The van der Waals surface area contributed by atoms with Gasteiger partial charge in [-0.25, -0.2) is 13.4 Å². The van der Waals surface area contributed by atoms with Crippen molar-refractivity contribution in [2.75, 3.05) is 5.32 Å². The number of carbonyl (C=O) groups excluding carboxylic acids is 1. The molecule has 0 unspecified atom stereocenters. The van der Waals surface area contributed by atoms with E-state index in [2.05, 4.69) is 10.3 Å². The van der Waals surface area contributed by atoms with E-state index >= 15 is 0 Å². The van der Waals surface area contributed by atoms with Crippen LogP contribution in [0.4, 0.5) is 5.13 Å². The number of carbonyl (C=O) groups is 1. The Kier molecular flexibility index (Phi) is 5.71. The first kappa shape index (κ1) is 22.3. The van der Waals surface area contributed by atoms with Gasteiger partial charge in [0.1, 0.15) is 6.54 Å². The number of hydrogen-bond donors (Lipinski definition) is 1. The van der Waals surface area contributed by atoms with Gasteiger partial charge < -0.3 is 9.88 Å². The molecule has 5 aromatic rings. The number of aryl methyl sites for hydroxylation is 2. The van der Waals surface area contributed by atoms with Crippen LogP contribution in [0, 0.1) is 13.8 Å². The fraction of sp³-hybridized carbons (Fsp3) is 0.154. The van der Waals surface area contributed by atoms with E-state index in [9.17, 15) is 13.2 Å². The molecule has 0 radical (unpaired) electrons. The molecule has 0 aliphatic heterocycles. The third-order valence-corrected chi connectivity index (χ3v) is 8.50. The summed E-state index contributed by atoms with van der Waals surface area (Å²) in [5, 5.41) is 4.00. The Morgan fingerprint density at radius 3 is 2.50 bits per heavy atom. The normalized spacial score (nSPS) is 11.8. The lowest BCUT2D eigenvalue weighted by Crippen LogP contribution is -2.18. The first-order valence-electron chi connectivity index (χ1n) is 10.8. The standard InChI is InChI=1S/C26H23N3O3S2/c1-17-8-3-4-10-19(17)16-34(31,32)23-14-29(21-12-6-5-11-20(21)23)15-24(30)27-26-28-25-18(2)9-7-13-22(25)33-26/h3-14H,15-16H2,1-2H3,(H,27,28,30). The smallest absolute Gasteiger partial charge is 0.246 e. The number of nitrogens with zero attached hydrogens (tertiary/aromatic N) is 2. The van der Waals surface area contributed by atoms with Crippen LogP contribution in [-0.2, 0) is 26.9 Å². The summed E-state index contributed by atoms with van der Waals surface area (Å²) in [4.78, 5) is 17.6. The number of amides is 1. The summed E-state index contributed by atoms with van der Waals surface area (Å²) in [7, 11) is -3.62. The van der Waals surface area contributed by atoms with Crippen LogP contribution in [0.3, 0.4) is 0 Å². The molecule has 0 spiro atoms. The van der Waals surface area contributed by atoms with Crippen LogP contribution in [0.1, 0.15) is 16.7 Å². The minimum atomic E-state index is -3.62. The van der Waals surface area contributed by atoms with Gasteiger partial charge in [-0.05, 0) is 42.7 Å². The number of nitrogens with one attached hydrogen (secondary N) is 1. The van der Waals surface area contributed by atoms with Crippen LogP contribution in [0.2, 0.25) is 0 Å². The number of sulfone groups is 1. The van der Waals surface area contributed by atoms with Crippen molar-refractivity contribution >= 4 is 53.3 Å². The Morgan fingerprint density at radius 1 is 0.971 bits per heavy atom. The predicted molar refractivity (Wildman–Crippen MR) is 137 cm³/mol. The Bertz CT molecular complexity index is 1650. The average molecular weight is 490 g/mol. The quantitative estimate of drug-likeness (QED) is 0.342. The number of rotatable bonds is 6. The van der Waals surface area contributed by atoms with E-state index in [1.165, 1.54) is 11.3 Å². The fourth-order valence-electron chi connectivity index (χ4n) is 4.10. The molecule has 172 valence electrons. The molecule has 0 atom stereocenters. The Balaban J connectivity index is 1.44. The molecular weight excluding hydrogens is 466 g/mol. The van der Waals surface area contributed by atoms with Gasteiger partial charge in [0.15, 0.2) is 15.0 Å². The zero-order valence-corrected chi connectivity index (χ0v) is 20.4. The van der Waals surface area contributed by atoms with Gasteiger partial charge in [-0.2, -0.15) is 0 Å². The van der Waals surface area contributed by atoms with Crippen molar-refractivity contribution in [2.45, 2.75) is 31.0 Å². The third-order valence-electron chi connectivity index (χ3n) is 5.87. The highest BCUT2D eigenvalue weighted by atomic mass is 32.2. The molecule has 0 aliphatic carbocycles. The summed E-state index contributed by atoms with van der Waals surface area (Å²) in [6.45, 7) is 3.87. The number of fused-ring (bicyclic) bond motifs is 2. The zero-order valence-electron chi connectivity index (χ0n) is 18.8. The monoisotopic (exact) mass is 489 g/mol. The van der Waals surface area contributed by atoms with Crippen LogP contribution in [0.15, 0.2) is 77.8 Å². The van der Waals surface area contributed by atoms with E-state index < -0.39 is 9.84 Å². The Morgan fingerprint density at radius 2 is 1.71 bits per heavy atom. The molecule has 34 heavy (non-hydrogen) atoms. The number of benzene rings is 3. The second-order valence-corrected chi connectivity index (χ2v) is 11.3. The van der Waals surface area contributed by atoms with E-state index in [1.807, 2.05) is 74.5 Å². The molecule has 0 saturated heterocycles. The van der Waals surface area contributed by atoms with E-state index in [1.54, 1.807) is 16.8 Å². The summed E-state index contributed by atoms with van der Waals surface area (Å²) in [6.07, 6.45) is 1.57. The maximum absolute atomic E-state index is 13.4. The molecule has 0 bridgehead atoms. The molecule has 1 amide bonds. The van der Waals surface area contributed by atoms with Gasteiger partial charge in [-0.1, -0.05) is 65.9 Å². The molecule has 0 saturated carbocycles. The molecular formula is C26H23N3O3S2. The van der Waals surface area contributed by atoms with Gasteiger partial charge in [0, 0.05) is 17.1 Å². The average Bonchev–Trinajstić information content (AvgIpc) is 3.38. The zero-order chi connectivity index (χ0) is 23.9. The fourth-order valence-corrected chi connectivity index (χ4v) is 6.74. The topological polar surface area (TPSA) is 81.1 Å². The predicted octanol–water partition coefficient (Wildman–Crippen LogP) is 5.48. The second kappa shape index (κ2) is 8.70. The van der Waals surface area contributed by atoms with Crippen molar-refractivity contribution in [2.24, 2.45) is 0 Å². The Labute approximate surface area is 201 Å². The lowest BCUT2D eigenvalue weighted by molar-refractivity contribution is -0.116. The van der Waals surface area contributed by atoms with Crippen molar-refractivity contribution in [3.05, 3.63) is 89.6 Å². The molecule has 1 N–H and O–H groups in total. The highest BCUT2D eigenvalue weighted by Gasteiger charge is 2.23. The summed E-state index contributed by atoms with van der Waals surface area (Å²) in [6, 6.07) is 20.7. The lowest BCUT2D eigenvalue weighted by Gasteiger charge is -2.06. The van der Waals surface area contributed by atoms with E-state index in [0.29, 0.717) is 16.0 Å². The number of thiazole rings is 1. The van der Waals surface area contributed by atoms with Crippen molar-refractivity contribution in [3.63, 3.8) is 0 Å². The molecule has 0 fully saturated rings. The maximum Gasteiger partial charge on any atom is 0.246 e. The van der Waals surface area contributed by atoms with Gasteiger partial charge in [-0.15, -0.1) is 0 Å². The molecule has 6 nitrogen and oxygen atoms in total. The molecule has 2 aromatic heterocycles. The van der Waals surface area contributed by atoms with Crippen LogP contribution < -0.4 is 5.32 Å². The van der Waals surface area contributed by atoms with Crippen molar-refractivity contribution in [1.82, 2.24) is 9.55 Å². The number of hydrogen-bond acceptors (Lipinski definition) is 5. The van der Waals surface area contributed by atoms with E-state index in [4.69, 9.17) is 0 Å². The number of para-hydroxylation sites is 2. The first-order chi connectivity index (χ1) is 16.3. The molecule has 0 aliphatic rings. The van der Waals surface area contributed by atoms with E-state index in [-0.39, 0.29) is 23.1 Å². The largest absolute Gasteiger partial charge is 0.337 e. The minimum absolute atomic E-state index is 0.0185. The van der Waals surface area contributed by atoms with Crippen LogP contribution in [-0.4, -0.2) is 23.9 Å². The molecule has 8 heteroatoms. The van der Waals surface area contributed by atoms with Crippen LogP contribution in [0.25, 0.3) is 21.1 Å². The van der Waals surface area contributed by atoms with Crippen molar-refractivity contribution in [3.8, 4) is 0 Å². The summed E-state index contributed by atoms with van der Waals surface area (Å²) >= 11 is 1.42. The first-order valence-corrected chi connectivity index (χ1v) is 13.3. The van der Waals surface area contributed by atoms with Gasteiger partial charge >= 0.3 is 0 Å². The molecule has 3 aromatic carbocycles. The third kappa shape index (κ3) is 4.22. The highest BCUT2D eigenvalue weighted by Crippen LogP contribution is 2.30. The van der Waals surface area contributed by atoms with Crippen molar-refractivity contribution in [1.29, 1.82) is 0 Å². The van der Waals surface area contributed by atoms with E-state index in [0.717, 1.165) is 26.9 Å². The van der Waals surface area contributed by atoms with Crippen LogP contribution in [0.5, 0.6) is 0 Å².